The Hall–Kier alpha value is -3.29. The van der Waals surface area contributed by atoms with E-state index in [1.54, 1.807) is 43.5 Å². The zero-order valence-electron chi connectivity index (χ0n) is 18.6. The second kappa shape index (κ2) is 11.2. The van der Waals surface area contributed by atoms with Gasteiger partial charge >= 0.3 is 0 Å². The van der Waals surface area contributed by atoms with E-state index in [1.807, 2.05) is 30.3 Å². The number of nitrogens with zero attached hydrogens (tertiary/aromatic N) is 2. The first-order valence-corrected chi connectivity index (χ1v) is 12.1. The van der Waals surface area contributed by atoms with Crippen LogP contribution in [0.15, 0.2) is 83.9 Å². The van der Waals surface area contributed by atoms with E-state index in [0.29, 0.717) is 28.2 Å². The first-order valence-electron chi connectivity index (χ1n) is 10.8. The first-order chi connectivity index (χ1) is 16.5. The number of carbonyl (C=O) groups excluding carboxylic acids is 2. The molecular formula is C26H24ClN3O3S. The third-order valence-corrected chi connectivity index (χ3v) is 6.61. The molecule has 1 fully saturated rings. The fourth-order valence-electron chi connectivity index (χ4n) is 3.56. The van der Waals surface area contributed by atoms with Crippen LogP contribution in [-0.2, 0) is 16.0 Å². The topological polar surface area (TPSA) is 71.0 Å². The first kappa shape index (κ1) is 23.9. The van der Waals surface area contributed by atoms with Crippen molar-refractivity contribution >= 4 is 51.7 Å². The molecule has 0 radical (unpaired) electrons. The van der Waals surface area contributed by atoms with Crippen molar-refractivity contribution in [2.75, 3.05) is 23.9 Å². The van der Waals surface area contributed by atoms with Gasteiger partial charge in [0.05, 0.1) is 12.8 Å². The molecule has 0 unspecified atom stereocenters. The van der Waals surface area contributed by atoms with Crippen LogP contribution in [0.25, 0.3) is 0 Å². The fourth-order valence-corrected chi connectivity index (χ4v) is 4.80. The molecule has 1 aliphatic rings. The van der Waals surface area contributed by atoms with Crippen LogP contribution >= 0.6 is 23.4 Å². The molecule has 1 N–H and O–H groups in total. The number of anilines is 2. The molecule has 3 aromatic rings. The van der Waals surface area contributed by atoms with E-state index in [1.165, 1.54) is 22.2 Å². The number of hydrogen-bond acceptors (Lipinski definition) is 5. The Morgan fingerprint density at radius 3 is 2.56 bits per heavy atom. The third-order valence-electron chi connectivity index (χ3n) is 5.26. The molecule has 0 bridgehead atoms. The molecule has 1 aliphatic heterocycles. The summed E-state index contributed by atoms with van der Waals surface area (Å²) in [6.07, 6.45) is 0.863. The number of thioether (sulfide) groups is 1. The molecule has 1 atom stereocenters. The van der Waals surface area contributed by atoms with E-state index in [0.717, 1.165) is 12.1 Å². The van der Waals surface area contributed by atoms with Crippen LogP contribution in [-0.4, -0.2) is 35.9 Å². The summed E-state index contributed by atoms with van der Waals surface area (Å²) < 4.78 is 5.17. The number of imide groups is 1. The zero-order valence-corrected chi connectivity index (χ0v) is 20.2. The van der Waals surface area contributed by atoms with Crippen molar-refractivity contribution in [3.63, 3.8) is 0 Å². The van der Waals surface area contributed by atoms with Gasteiger partial charge in [0.1, 0.15) is 11.0 Å². The molecule has 0 aromatic heterocycles. The van der Waals surface area contributed by atoms with Crippen LogP contribution in [0.5, 0.6) is 5.75 Å². The molecule has 1 saturated heterocycles. The predicted molar refractivity (Wildman–Crippen MR) is 139 cm³/mol. The Balaban J connectivity index is 1.50. The van der Waals surface area contributed by atoms with Crippen molar-refractivity contribution in [2.24, 2.45) is 4.99 Å². The number of hydrogen-bond donors (Lipinski definition) is 1. The van der Waals surface area contributed by atoms with Crippen molar-refractivity contribution in [1.29, 1.82) is 0 Å². The van der Waals surface area contributed by atoms with Crippen LogP contribution < -0.4 is 15.0 Å². The summed E-state index contributed by atoms with van der Waals surface area (Å²) in [7, 11) is 1.57. The molecular weight excluding hydrogens is 470 g/mol. The highest BCUT2D eigenvalue weighted by atomic mass is 35.5. The average molecular weight is 494 g/mol. The van der Waals surface area contributed by atoms with Crippen molar-refractivity contribution in [1.82, 2.24) is 0 Å². The summed E-state index contributed by atoms with van der Waals surface area (Å²) >= 11 is 7.40. The zero-order chi connectivity index (χ0) is 23.9. The Morgan fingerprint density at radius 2 is 1.85 bits per heavy atom. The number of carbonyl (C=O) groups is 2. The number of methoxy groups -OCH3 is 1. The molecule has 3 aromatic carbocycles. The smallest absolute Gasteiger partial charge is 0.247 e. The maximum Gasteiger partial charge on any atom is 0.247 e. The molecule has 2 amide bonds. The Labute approximate surface area is 208 Å². The van der Waals surface area contributed by atoms with Gasteiger partial charge in [-0.1, -0.05) is 59.8 Å². The van der Waals surface area contributed by atoms with Gasteiger partial charge in [-0.15, -0.1) is 0 Å². The van der Waals surface area contributed by atoms with Gasteiger partial charge in [0, 0.05) is 23.7 Å². The van der Waals surface area contributed by atoms with Gasteiger partial charge < -0.3 is 10.1 Å². The monoisotopic (exact) mass is 493 g/mol. The van der Waals surface area contributed by atoms with E-state index < -0.39 is 5.25 Å². The minimum atomic E-state index is -0.572. The van der Waals surface area contributed by atoms with E-state index in [-0.39, 0.29) is 18.2 Å². The normalized spacial score (nSPS) is 16.1. The van der Waals surface area contributed by atoms with Gasteiger partial charge in [0.15, 0.2) is 5.17 Å². The summed E-state index contributed by atoms with van der Waals surface area (Å²) in [6, 6.07) is 24.3. The minimum absolute atomic E-state index is 0.102. The summed E-state index contributed by atoms with van der Waals surface area (Å²) in [5, 5.41) is 3.86. The predicted octanol–water partition coefficient (Wildman–Crippen LogP) is 5.42. The summed E-state index contributed by atoms with van der Waals surface area (Å²) in [5.41, 5.74) is 2.47. The lowest BCUT2D eigenvalue weighted by molar-refractivity contribution is -0.121. The van der Waals surface area contributed by atoms with Gasteiger partial charge in [-0.3, -0.25) is 14.6 Å². The van der Waals surface area contributed by atoms with E-state index in [4.69, 9.17) is 21.3 Å². The highest BCUT2D eigenvalue weighted by Crippen LogP contribution is 2.32. The number of ether oxygens (including phenoxy) is 1. The minimum Gasteiger partial charge on any atom is -0.497 e. The largest absolute Gasteiger partial charge is 0.497 e. The molecule has 34 heavy (non-hydrogen) atoms. The van der Waals surface area contributed by atoms with Gasteiger partial charge in [-0.25, -0.2) is 4.90 Å². The highest BCUT2D eigenvalue weighted by Gasteiger charge is 2.40. The van der Waals surface area contributed by atoms with Gasteiger partial charge in [-0.05, 0) is 54.4 Å². The number of nitrogens with one attached hydrogen (secondary N) is 1. The van der Waals surface area contributed by atoms with Gasteiger partial charge in [0.2, 0.25) is 11.8 Å². The molecule has 1 heterocycles. The second-order valence-corrected chi connectivity index (χ2v) is 9.26. The van der Waals surface area contributed by atoms with Crippen LogP contribution in [0.2, 0.25) is 5.02 Å². The lowest BCUT2D eigenvalue weighted by atomic mass is 10.2. The fraction of sp³-hybridized carbons (Fsp3) is 0.192. The lowest BCUT2D eigenvalue weighted by Crippen LogP contribution is -2.31. The third kappa shape index (κ3) is 5.98. The average Bonchev–Trinajstić information content (AvgIpc) is 3.12. The second-order valence-electron chi connectivity index (χ2n) is 7.63. The van der Waals surface area contributed by atoms with E-state index >= 15 is 0 Å². The molecule has 0 saturated carbocycles. The van der Waals surface area contributed by atoms with Gasteiger partial charge in [-0.2, -0.15) is 0 Å². The number of halogens is 1. The van der Waals surface area contributed by atoms with Crippen molar-refractivity contribution < 1.29 is 14.3 Å². The summed E-state index contributed by atoms with van der Waals surface area (Å²) in [6.45, 7) is 0.539. The van der Waals surface area contributed by atoms with Crippen molar-refractivity contribution in [3.05, 3.63) is 89.4 Å². The van der Waals surface area contributed by atoms with E-state index in [9.17, 15) is 9.59 Å². The molecule has 0 aliphatic carbocycles. The maximum absolute atomic E-state index is 13.2. The van der Waals surface area contributed by atoms with Crippen LogP contribution in [0.4, 0.5) is 11.4 Å². The number of aliphatic imine (C=N–C) groups is 1. The lowest BCUT2D eigenvalue weighted by Gasteiger charge is -2.16. The van der Waals surface area contributed by atoms with Crippen LogP contribution in [0.1, 0.15) is 12.0 Å². The van der Waals surface area contributed by atoms with Crippen LogP contribution in [0, 0.1) is 0 Å². The molecule has 8 heteroatoms. The molecule has 4 rings (SSSR count). The summed E-state index contributed by atoms with van der Waals surface area (Å²) in [5.74, 6) is 0.162. The van der Waals surface area contributed by atoms with Crippen molar-refractivity contribution in [3.8, 4) is 5.75 Å². The van der Waals surface area contributed by atoms with Crippen LogP contribution in [0.3, 0.4) is 0 Å². The summed E-state index contributed by atoms with van der Waals surface area (Å²) in [4.78, 5) is 31.8. The van der Waals surface area contributed by atoms with Crippen molar-refractivity contribution in [2.45, 2.75) is 18.1 Å². The Kier molecular flexibility index (Phi) is 7.87. The molecule has 174 valence electrons. The highest BCUT2D eigenvalue weighted by molar-refractivity contribution is 8.15. The quantitative estimate of drug-likeness (QED) is 0.270. The number of rotatable bonds is 7. The maximum atomic E-state index is 13.2. The SMILES string of the molecule is COc1ccc(N2C(=O)C[C@@H](SC(=NCCc3ccccc3)Nc3cccc(Cl)c3)C2=O)cc1. The molecule has 6 nitrogen and oxygen atoms in total. The number of amidine groups is 1. The number of amides is 2. The van der Waals surface area contributed by atoms with Gasteiger partial charge in [0.25, 0.3) is 0 Å². The standard InChI is InChI=1S/C26H24ClN3O3S/c1-33-22-12-10-21(11-13-22)30-24(31)17-23(25(30)32)34-26(29-20-9-5-8-19(27)16-20)28-15-14-18-6-3-2-4-7-18/h2-13,16,23H,14-15,17H2,1H3,(H,28,29)/t23-/m1/s1. The van der Waals surface area contributed by atoms with E-state index in [2.05, 4.69) is 17.4 Å². The Bertz CT molecular complexity index is 1190. The number of benzene rings is 3. The molecule has 0 spiro atoms. The Morgan fingerprint density at radius 1 is 1.09 bits per heavy atom.